The second-order valence-corrected chi connectivity index (χ2v) is 6.15. The van der Waals surface area contributed by atoms with Crippen LogP contribution in [0.5, 0.6) is 0 Å². The average molecular weight is 290 g/mol. The molecule has 0 aromatic rings. The third kappa shape index (κ3) is 5.58. The maximum atomic E-state index is 3.53. The first-order valence-electron chi connectivity index (χ1n) is 7.93. The van der Waals surface area contributed by atoms with Gasteiger partial charge in [0.25, 0.3) is 0 Å². The summed E-state index contributed by atoms with van der Waals surface area (Å²) < 4.78 is 0. The van der Waals surface area contributed by atoms with E-state index in [4.69, 9.17) is 0 Å². The summed E-state index contributed by atoms with van der Waals surface area (Å²) in [6.07, 6.45) is 6.94. The van der Waals surface area contributed by atoms with Gasteiger partial charge >= 0.3 is 0 Å². The third-order valence-corrected chi connectivity index (χ3v) is 4.92. The molecule has 0 saturated carbocycles. The monoisotopic (exact) mass is 289 g/mol. The van der Waals surface area contributed by atoms with Crippen LogP contribution in [0, 0.1) is 5.92 Å². The van der Waals surface area contributed by atoms with Crippen LogP contribution in [0.3, 0.4) is 0 Å². The molecule has 2 saturated heterocycles. The number of nitrogens with one attached hydrogen (secondary N) is 1. The fourth-order valence-electron chi connectivity index (χ4n) is 3.42. The minimum Gasteiger partial charge on any atom is -0.316 e. The fourth-order valence-corrected chi connectivity index (χ4v) is 3.42. The van der Waals surface area contributed by atoms with Gasteiger partial charge in [-0.2, -0.15) is 0 Å². The maximum Gasteiger partial charge on any atom is 0.0117 e. The highest BCUT2D eigenvalue weighted by Gasteiger charge is 2.22. The van der Waals surface area contributed by atoms with Gasteiger partial charge in [0.1, 0.15) is 0 Å². The number of likely N-dealkylation sites (tertiary alicyclic amines) is 1. The van der Waals surface area contributed by atoms with Crippen LogP contribution in [0.4, 0.5) is 0 Å². The topological polar surface area (TPSA) is 18.5 Å². The van der Waals surface area contributed by atoms with Gasteiger partial charge in [-0.25, -0.2) is 0 Å². The van der Waals surface area contributed by atoms with Crippen molar-refractivity contribution >= 4 is 12.4 Å². The van der Waals surface area contributed by atoms with E-state index in [-0.39, 0.29) is 12.4 Å². The Hall–Kier alpha value is 0.170. The summed E-state index contributed by atoms with van der Waals surface area (Å²) in [5.41, 5.74) is 0. The van der Waals surface area contributed by atoms with E-state index < -0.39 is 0 Å². The van der Waals surface area contributed by atoms with Crippen molar-refractivity contribution in [1.29, 1.82) is 0 Å². The van der Waals surface area contributed by atoms with Crippen LogP contribution in [-0.2, 0) is 0 Å². The van der Waals surface area contributed by atoms with E-state index in [1.54, 1.807) is 0 Å². The first-order valence-corrected chi connectivity index (χ1v) is 7.93. The number of hydrogen-bond donors (Lipinski definition) is 1. The van der Waals surface area contributed by atoms with Crippen LogP contribution in [0.25, 0.3) is 0 Å². The molecular formula is C15H32ClN3. The van der Waals surface area contributed by atoms with Gasteiger partial charge in [-0.1, -0.05) is 6.92 Å². The highest BCUT2D eigenvalue weighted by molar-refractivity contribution is 5.85. The van der Waals surface area contributed by atoms with Gasteiger partial charge < -0.3 is 15.1 Å². The third-order valence-electron chi connectivity index (χ3n) is 4.92. The molecule has 2 aliphatic heterocycles. The Morgan fingerprint density at radius 1 is 1.21 bits per heavy atom. The molecule has 0 aliphatic carbocycles. The number of halogens is 1. The molecule has 2 rings (SSSR count). The molecule has 19 heavy (non-hydrogen) atoms. The van der Waals surface area contributed by atoms with Crippen LogP contribution in [0.2, 0.25) is 0 Å². The van der Waals surface area contributed by atoms with Gasteiger partial charge in [0, 0.05) is 6.04 Å². The SMILES string of the molecule is CCN1CCC(N(C)CCC2CCCNC2)CC1.Cl. The molecule has 114 valence electrons. The normalized spacial score (nSPS) is 26.4. The Bertz CT molecular complexity index is 223. The van der Waals surface area contributed by atoms with E-state index in [9.17, 15) is 0 Å². The lowest BCUT2D eigenvalue weighted by atomic mass is 9.95. The van der Waals surface area contributed by atoms with Crippen molar-refractivity contribution in [2.45, 2.75) is 45.1 Å². The van der Waals surface area contributed by atoms with Crippen molar-refractivity contribution in [3.8, 4) is 0 Å². The molecule has 2 heterocycles. The lowest BCUT2D eigenvalue weighted by molar-refractivity contribution is 0.125. The Labute approximate surface area is 125 Å². The van der Waals surface area contributed by atoms with Crippen LogP contribution < -0.4 is 5.32 Å². The van der Waals surface area contributed by atoms with Gasteiger partial charge in [-0.05, 0) is 84.3 Å². The summed E-state index contributed by atoms with van der Waals surface area (Å²) in [5.74, 6) is 0.928. The zero-order valence-corrected chi connectivity index (χ0v) is 13.6. The Kier molecular flexibility index (Phi) is 8.31. The van der Waals surface area contributed by atoms with Crippen molar-refractivity contribution in [2.75, 3.05) is 46.3 Å². The zero-order valence-electron chi connectivity index (χ0n) is 12.7. The quantitative estimate of drug-likeness (QED) is 0.837. The minimum absolute atomic E-state index is 0. The summed E-state index contributed by atoms with van der Waals surface area (Å²) in [5, 5.41) is 3.53. The van der Waals surface area contributed by atoms with Crippen molar-refractivity contribution in [2.24, 2.45) is 5.92 Å². The highest BCUT2D eigenvalue weighted by Crippen LogP contribution is 2.18. The Morgan fingerprint density at radius 2 is 1.95 bits per heavy atom. The van der Waals surface area contributed by atoms with Crippen LogP contribution >= 0.6 is 12.4 Å². The summed E-state index contributed by atoms with van der Waals surface area (Å²) >= 11 is 0. The number of hydrogen-bond acceptors (Lipinski definition) is 3. The van der Waals surface area contributed by atoms with E-state index in [2.05, 4.69) is 29.1 Å². The lowest BCUT2D eigenvalue weighted by Gasteiger charge is -2.37. The lowest BCUT2D eigenvalue weighted by Crippen LogP contribution is -2.44. The molecule has 0 aromatic heterocycles. The first kappa shape index (κ1) is 17.2. The molecule has 2 fully saturated rings. The second-order valence-electron chi connectivity index (χ2n) is 6.15. The largest absolute Gasteiger partial charge is 0.316 e. The number of rotatable bonds is 5. The molecular weight excluding hydrogens is 258 g/mol. The summed E-state index contributed by atoms with van der Waals surface area (Å²) in [6.45, 7) is 9.89. The van der Waals surface area contributed by atoms with E-state index in [0.29, 0.717) is 0 Å². The zero-order chi connectivity index (χ0) is 12.8. The van der Waals surface area contributed by atoms with Crippen LogP contribution in [-0.4, -0.2) is 62.2 Å². The Balaban J connectivity index is 0.00000180. The van der Waals surface area contributed by atoms with Crippen molar-refractivity contribution in [3.63, 3.8) is 0 Å². The first-order chi connectivity index (χ1) is 8.79. The molecule has 0 aromatic carbocycles. The van der Waals surface area contributed by atoms with Crippen LogP contribution in [0.1, 0.15) is 39.0 Å². The Morgan fingerprint density at radius 3 is 2.53 bits per heavy atom. The van der Waals surface area contributed by atoms with E-state index in [0.717, 1.165) is 12.0 Å². The molecule has 2 aliphatic rings. The van der Waals surface area contributed by atoms with E-state index in [1.165, 1.54) is 71.4 Å². The van der Waals surface area contributed by atoms with Gasteiger partial charge in [0.05, 0.1) is 0 Å². The molecule has 0 bridgehead atoms. The van der Waals surface area contributed by atoms with Gasteiger partial charge in [0.15, 0.2) is 0 Å². The molecule has 3 nitrogen and oxygen atoms in total. The summed E-state index contributed by atoms with van der Waals surface area (Å²) in [7, 11) is 2.34. The molecule has 1 N–H and O–H groups in total. The maximum absolute atomic E-state index is 3.53. The molecule has 1 atom stereocenters. The standard InChI is InChI=1S/C15H31N3.ClH/c1-3-18-11-7-15(8-12-18)17(2)10-6-14-5-4-9-16-13-14;/h14-16H,3-13H2,1-2H3;1H. The van der Waals surface area contributed by atoms with Crippen molar-refractivity contribution < 1.29 is 0 Å². The highest BCUT2D eigenvalue weighted by atomic mass is 35.5. The van der Waals surface area contributed by atoms with Gasteiger partial charge in [0.2, 0.25) is 0 Å². The molecule has 4 heteroatoms. The smallest absolute Gasteiger partial charge is 0.0117 e. The number of nitrogens with zero attached hydrogens (tertiary/aromatic N) is 2. The molecule has 0 radical (unpaired) electrons. The van der Waals surface area contributed by atoms with Crippen molar-refractivity contribution in [3.05, 3.63) is 0 Å². The number of piperidine rings is 2. The molecule has 1 unspecified atom stereocenters. The fraction of sp³-hybridized carbons (Fsp3) is 1.00. The summed E-state index contributed by atoms with van der Waals surface area (Å²) in [4.78, 5) is 5.21. The predicted molar refractivity (Wildman–Crippen MR) is 85.2 cm³/mol. The minimum atomic E-state index is 0. The average Bonchev–Trinajstić information content (AvgIpc) is 2.46. The summed E-state index contributed by atoms with van der Waals surface area (Å²) in [6, 6.07) is 0.837. The van der Waals surface area contributed by atoms with Crippen molar-refractivity contribution in [1.82, 2.24) is 15.1 Å². The van der Waals surface area contributed by atoms with Gasteiger partial charge in [-0.15, -0.1) is 12.4 Å². The molecule has 0 amide bonds. The predicted octanol–water partition coefficient (Wildman–Crippen LogP) is 2.21. The van der Waals surface area contributed by atoms with E-state index in [1.807, 2.05) is 0 Å². The van der Waals surface area contributed by atoms with E-state index >= 15 is 0 Å². The molecule has 0 spiro atoms. The van der Waals surface area contributed by atoms with Gasteiger partial charge in [-0.3, -0.25) is 0 Å². The second kappa shape index (κ2) is 9.17. The van der Waals surface area contributed by atoms with Crippen LogP contribution in [0.15, 0.2) is 0 Å².